The predicted octanol–water partition coefficient (Wildman–Crippen LogP) is 9.05. The zero-order chi connectivity index (χ0) is 21.5. The van der Waals surface area contributed by atoms with Crippen molar-refractivity contribution in [3.63, 3.8) is 0 Å². The Morgan fingerprint density at radius 2 is 1.27 bits per heavy atom. The minimum atomic E-state index is 0.924. The lowest BCUT2D eigenvalue weighted by Gasteiger charge is -2.09. The van der Waals surface area contributed by atoms with E-state index in [1.165, 1.54) is 42.0 Å². The molecule has 5 aromatic carbocycles. The number of rotatable bonds is 1. The van der Waals surface area contributed by atoms with Gasteiger partial charge in [-0.05, 0) is 24.3 Å². The van der Waals surface area contributed by atoms with E-state index >= 15 is 0 Å². The summed E-state index contributed by atoms with van der Waals surface area (Å²) in [7, 11) is 0. The normalized spacial score (nSPS) is 12.2. The van der Waals surface area contributed by atoms with Crippen LogP contribution in [0.15, 0.2) is 108 Å². The van der Waals surface area contributed by atoms with Crippen molar-refractivity contribution in [2.45, 2.75) is 0 Å². The Balaban J connectivity index is 1.63. The van der Waals surface area contributed by atoms with Gasteiger partial charge in [0.15, 0.2) is 5.58 Å². The molecule has 154 valence electrons. The van der Waals surface area contributed by atoms with Gasteiger partial charge >= 0.3 is 0 Å². The molecule has 3 heterocycles. The predicted molar refractivity (Wildman–Crippen MR) is 141 cm³/mol. The van der Waals surface area contributed by atoms with Crippen molar-refractivity contribution in [2.75, 3.05) is 0 Å². The fourth-order valence-corrected chi connectivity index (χ4v) is 6.63. The molecule has 0 aliphatic rings. The van der Waals surface area contributed by atoms with Crippen LogP contribution in [0, 0.1) is 0 Å². The van der Waals surface area contributed by atoms with E-state index in [1.54, 1.807) is 0 Å². The molecular formula is C30H17NOS. The Kier molecular flexibility index (Phi) is 3.31. The van der Waals surface area contributed by atoms with Crippen LogP contribution in [0.3, 0.4) is 0 Å². The second-order valence-electron chi connectivity index (χ2n) is 8.54. The Bertz CT molecular complexity index is 2040. The highest BCUT2D eigenvalue weighted by Crippen LogP contribution is 2.44. The summed E-state index contributed by atoms with van der Waals surface area (Å²) < 4.78 is 11.5. The number of benzene rings is 5. The second kappa shape index (κ2) is 6.25. The van der Waals surface area contributed by atoms with E-state index in [2.05, 4.69) is 102 Å². The molecule has 8 aromatic rings. The molecule has 3 aromatic heterocycles. The van der Waals surface area contributed by atoms with Crippen molar-refractivity contribution >= 4 is 75.3 Å². The fourth-order valence-electron chi connectivity index (χ4n) is 5.39. The molecule has 0 N–H and O–H groups in total. The van der Waals surface area contributed by atoms with E-state index in [-0.39, 0.29) is 0 Å². The summed E-state index contributed by atoms with van der Waals surface area (Å²) in [5.74, 6) is 0. The molecule has 0 aliphatic heterocycles. The number of fused-ring (bicyclic) bond motifs is 10. The highest BCUT2D eigenvalue weighted by molar-refractivity contribution is 7.26. The van der Waals surface area contributed by atoms with Crippen LogP contribution in [-0.2, 0) is 0 Å². The van der Waals surface area contributed by atoms with Crippen LogP contribution in [0.2, 0.25) is 0 Å². The molecule has 0 unspecified atom stereocenters. The molecule has 0 saturated heterocycles. The lowest BCUT2D eigenvalue weighted by Crippen LogP contribution is -1.94. The molecule has 0 radical (unpaired) electrons. The third-order valence-corrected chi connectivity index (χ3v) is 8.00. The van der Waals surface area contributed by atoms with E-state index in [0.29, 0.717) is 0 Å². The first kappa shape index (κ1) is 17.5. The lowest BCUT2D eigenvalue weighted by molar-refractivity contribution is 0.666. The smallest absolute Gasteiger partial charge is 0.159 e. The maximum Gasteiger partial charge on any atom is 0.159 e. The van der Waals surface area contributed by atoms with Crippen molar-refractivity contribution in [2.24, 2.45) is 0 Å². The molecule has 0 fully saturated rings. The van der Waals surface area contributed by atoms with E-state index in [9.17, 15) is 0 Å². The minimum Gasteiger partial charge on any atom is -0.454 e. The Morgan fingerprint density at radius 1 is 0.545 bits per heavy atom. The first-order valence-corrected chi connectivity index (χ1v) is 11.9. The number of hydrogen-bond donors (Lipinski definition) is 0. The second-order valence-corrected chi connectivity index (χ2v) is 9.59. The topological polar surface area (TPSA) is 18.1 Å². The molecular weight excluding hydrogens is 422 g/mol. The van der Waals surface area contributed by atoms with Crippen molar-refractivity contribution in [1.29, 1.82) is 0 Å². The summed E-state index contributed by atoms with van der Waals surface area (Å²) in [5.41, 5.74) is 5.39. The van der Waals surface area contributed by atoms with E-state index in [4.69, 9.17) is 4.42 Å². The fraction of sp³-hybridized carbons (Fsp3) is 0. The van der Waals surface area contributed by atoms with Gasteiger partial charge in [-0.15, -0.1) is 11.3 Å². The largest absolute Gasteiger partial charge is 0.454 e. The van der Waals surface area contributed by atoms with Crippen molar-refractivity contribution < 1.29 is 4.42 Å². The van der Waals surface area contributed by atoms with Crippen LogP contribution >= 0.6 is 11.3 Å². The van der Waals surface area contributed by atoms with E-state index in [0.717, 1.165) is 27.6 Å². The molecule has 3 heteroatoms. The third-order valence-electron chi connectivity index (χ3n) is 6.80. The van der Waals surface area contributed by atoms with Crippen LogP contribution < -0.4 is 0 Å². The van der Waals surface area contributed by atoms with Gasteiger partial charge in [0.2, 0.25) is 0 Å². The number of thiophene rings is 1. The molecule has 0 bridgehead atoms. The first-order valence-electron chi connectivity index (χ1n) is 11.1. The summed E-state index contributed by atoms with van der Waals surface area (Å²) in [6.07, 6.45) is 0. The van der Waals surface area contributed by atoms with Crippen LogP contribution in [0.1, 0.15) is 0 Å². The van der Waals surface area contributed by atoms with Gasteiger partial charge in [-0.1, -0.05) is 78.9 Å². The highest BCUT2D eigenvalue weighted by atomic mass is 32.1. The molecule has 0 saturated carbocycles. The van der Waals surface area contributed by atoms with Gasteiger partial charge in [-0.25, -0.2) is 0 Å². The van der Waals surface area contributed by atoms with Crippen LogP contribution in [0.25, 0.3) is 69.6 Å². The monoisotopic (exact) mass is 439 g/mol. The van der Waals surface area contributed by atoms with Gasteiger partial charge in [-0.3, -0.25) is 0 Å². The summed E-state index contributed by atoms with van der Waals surface area (Å²) in [6, 6.07) is 36.8. The first-order chi connectivity index (χ1) is 16.4. The van der Waals surface area contributed by atoms with Crippen molar-refractivity contribution in [3.05, 3.63) is 103 Å². The number of aromatic nitrogens is 1. The maximum absolute atomic E-state index is 6.46. The standard InChI is InChI=1S/C30H17NOS/c1-4-12-24-18(8-1)21-16-17-23-20-10-3-6-15-27(20)33-30(23)28(21)31(24)25-13-7-11-22-19-9-2-5-14-26(19)32-29(22)25/h1-17H. The van der Waals surface area contributed by atoms with Gasteiger partial charge in [0.1, 0.15) is 5.58 Å². The SMILES string of the molecule is c1ccc2c(c1)oc1c(-n3c4ccccc4c4ccc5c6ccccc6sc5c43)cccc12. The molecule has 33 heavy (non-hydrogen) atoms. The zero-order valence-corrected chi connectivity index (χ0v) is 18.4. The molecule has 0 aliphatic carbocycles. The van der Waals surface area contributed by atoms with Gasteiger partial charge in [0.25, 0.3) is 0 Å². The number of hydrogen-bond acceptors (Lipinski definition) is 2. The van der Waals surface area contributed by atoms with Gasteiger partial charge in [0, 0.05) is 37.0 Å². The number of furan rings is 1. The van der Waals surface area contributed by atoms with Crippen LogP contribution in [0.4, 0.5) is 0 Å². The van der Waals surface area contributed by atoms with E-state index < -0.39 is 0 Å². The van der Waals surface area contributed by atoms with E-state index in [1.807, 2.05) is 17.4 Å². The lowest BCUT2D eigenvalue weighted by atomic mass is 10.1. The Morgan fingerprint density at radius 3 is 2.21 bits per heavy atom. The van der Waals surface area contributed by atoms with Crippen LogP contribution in [0.5, 0.6) is 0 Å². The van der Waals surface area contributed by atoms with Gasteiger partial charge in [0.05, 0.1) is 21.4 Å². The Hall–Kier alpha value is -4.08. The summed E-state index contributed by atoms with van der Waals surface area (Å²) in [5, 5.41) is 7.47. The van der Waals surface area contributed by atoms with Gasteiger partial charge in [-0.2, -0.15) is 0 Å². The highest BCUT2D eigenvalue weighted by Gasteiger charge is 2.20. The van der Waals surface area contributed by atoms with Crippen molar-refractivity contribution in [1.82, 2.24) is 4.57 Å². The quantitative estimate of drug-likeness (QED) is 0.249. The molecule has 0 spiro atoms. The minimum absolute atomic E-state index is 0.924. The Labute approximate surface area is 192 Å². The van der Waals surface area contributed by atoms with Crippen molar-refractivity contribution in [3.8, 4) is 5.69 Å². The maximum atomic E-state index is 6.46. The molecule has 2 nitrogen and oxygen atoms in total. The summed E-state index contributed by atoms with van der Waals surface area (Å²) in [4.78, 5) is 0. The molecule has 0 atom stereocenters. The zero-order valence-electron chi connectivity index (χ0n) is 17.6. The summed E-state index contributed by atoms with van der Waals surface area (Å²) >= 11 is 1.87. The number of para-hydroxylation sites is 3. The van der Waals surface area contributed by atoms with Crippen LogP contribution in [-0.4, -0.2) is 4.57 Å². The third kappa shape index (κ3) is 2.22. The summed E-state index contributed by atoms with van der Waals surface area (Å²) in [6.45, 7) is 0. The average molecular weight is 440 g/mol. The number of nitrogens with zero attached hydrogens (tertiary/aromatic N) is 1. The average Bonchev–Trinajstić information content (AvgIpc) is 3.53. The van der Waals surface area contributed by atoms with Gasteiger partial charge < -0.3 is 8.98 Å². The molecule has 0 amide bonds. The molecule has 8 rings (SSSR count).